The summed E-state index contributed by atoms with van der Waals surface area (Å²) in [5.41, 5.74) is 0.596. The van der Waals surface area contributed by atoms with Gasteiger partial charge in [-0.15, -0.1) is 0 Å². The molecule has 0 N–H and O–H groups in total. The predicted molar refractivity (Wildman–Crippen MR) is 80.7 cm³/mol. The van der Waals surface area contributed by atoms with Crippen LogP contribution < -0.4 is 14.4 Å². The van der Waals surface area contributed by atoms with Gasteiger partial charge in [0.15, 0.2) is 5.75 Å². The minimum absolute atomic E-state index is 0.0490. The zero-order valence-electron chi connectivity index (χ0n) is 12.9. The van der Waals surface area contributed by atoms with E-state index >= 15 is 0 Å². The van der Waals surface area contributed by atoms with Crippen LogP contribution in [0, 0.1) is 10.1 Å². The Bertz CT molecular complexity index is 582. The molecule has 0 aliphatic carbocycles. The van der Waals surface area contributed by atoms with Crippen molar-refractivity contribution < 1.29 is 19.2 Å². The smallest absolute Gasteiger partial charge is 0.314 e. The molecule has 0 aromatic heterocycles. The van der Waals surface area contributed by atoms with Crippen LogP contribution in [-0.2, 0) is 4.79 Å². The number of hydrogen-bond donors (Lipinski definition) is 0. The van der Waals surface area contributed by atoms with Gasteiger partial charge in [0.25, 0.3) is 0 Å². The summed E-state index contributed by atoms with van der Waals surface area (Å²) in [5, 5.41) is 11.1. The monoisotopic (exact) mass is 309 g/mol. The van der Waals surface area contributed by atoms with Crippen molar-refractivity contribution in [3.05, 3.63) is 22.2 Å². The van der Waals surface area contributed by atoms with E-state index in [-0.39, 0.29) is 17.3 Å². The van der Waals surface area contributed by atoms with Gasteiger partial charge in [-0.1, -0.05) is 0 Å². The number of rotatable bonds is 4. The van der Waals surface area contributed by atoms with Crippen LogP contribution in [0.2, 0.25) is 0 Å². The van der Waals surface area contributed by atoms with Crippen LogP contribution in [0.1, 0.15) is 6.92 Å². The summed E-state index contributed by atoms with van der Waals surface area (Å²) in [7, 11) is 2.87. The van der Waals surface area contributed by atoms with Crippen molar-refractivity contribution in [2.24, 2.45) is 0 Å². The molecule has 120 valence electrons. The topological polar surface area (TPSA) is 85.2 Å². The Hall–Kier alpha value is -2.51. The maximum atomic E-state index is 11.4. The number of carbonyl (C=O) groups is 1. The van der Waals surface area contributed by atoms with Gasteiger partial charge >= 0.3 is 5.69 Å². The van der Waals surface area contributed by atoms with Gasteiger partial charge in [0.1, 0.15) is 5.75 Å². The summed E-state index contributed by atoms with van der Waals surface area (Å²) in [4.78, 5) is 25.7. The van der Waals surface area contributed by atoms with Crippen molar-refractivity contribution in [3.8, 4) is 11.5 Å². The highest BCUT2D eigenvalue weighted by Crippen LogP contribution is 2.39. The highest BCUT2D eigenvalue weighted by atomic mass is 16.6. The normalized spacial score (nSPS) is 14.7. The summed E-state index contributed by atoms with van der Waals surface area (Å²) in [6, 6.07) is 2.98. The molecule has 8 heteroatoms. The standard InChI is InChI=1S/C14H19N3O5/c1-10(18)15-4-6-16(7-5-15)11-8-14(22-3)12(17(19)20)9-13(11)21-2/h8-9H,4-7H2,1-3H3. The van der Waals surface area contributed by atoms with Crippen molar-refractivity contribution in [2.75, 3.05) is 45.3 Å². The molecule has 0 spiro atoms. The molecule has 0 atom stereocenters. The van der Waals surface area contributed by atoms with E-state index in [1.807, 2.05) is 4.90 Å². The Balaban J connectivity index is 2.31. The van der Waals surface area contributed by atoms with Crippen LogP contribution >= 0.6 is 0 Å². The van der Waals surface area contributed by atoms with Crippen LogP contribution in [0.4, 0.5) is 11.4 Å². The minimum Gasteiger partial charge on any atom is -0.494 e. The van der Waals surface area contributed by atoms with E-state index in [1.165, 1.54) is 20.3 Å². The van der Waals surface area contributed by atoms with Gasteiger partial charge in [0.05, 0.1) is 30.9 Å². The number of amides is 1. The molecule has 1 heterocycles. The number of nitro benzene ring substituents is 1. The fourth-order valence-corrected chi connectivity index (χ4v) is 2.52. The van der Waals surface area contributed by atoms with Gasteiger partial charge in [0.2, 0.25) is 5.91 Å². The Morgan fingerprint density at radius 3 is 2.18 bits per heavy atom. The van der Waals surface area contributed by atoms with Crippen LogP contribution in [0.25, 0.3) is 0 Å². The summed E-state index contributed by atoms with van der Waals surface area (Å²) in [6.07, 6.45) is 0. The van der Waals surface area contributed by atoms with Gasteiger partial charge in [-0.05, 0) is 0 Å². The number of methoxy groups -OCH3 is 2. The number of ether oxygens (including phenoxy) is 2. The second-order valence-electron chi connectivity index (χ2n) is 4.95. The van der Waals surface area contributed by atoms with Crippen LogP contribution in [0.15, 0.2) is 12.1 Å². The lowest BCUT2D eigenvalue weighted by Gasteiger charge is -2.36. The molecule has 1 aromatic carbocycles. The molecule has 0 radical (unpaired) electrons. The average molecular weight is 309 g/mol. The average Bonchev–Trinajstić information content (AvgIpc) is 2.53. The maximum Gasteiger partial charge on any atom is 0.314 e. The Labute approximate surface area is 128 Å². The van der Waals surface area contributed by atoms with Crippen LogP contribution in [0.5, 0.6) is 11.5 Å². The fraction of sp³-hybridized carbons (Fsp3) is 0.500. The number of carbonyl (C=O) groups excluding carboxylic acids is 1. The van der Waals surface area contributed by atoms with Gasteiger partial charge in [0, 0.05) is 39.2 Å². The third kappa shape index (κ3) is 3.05. The second kappa shape index (κ2) is 6.50. The van der Waals surface area contributed by atoms with Gasteiger partial charge < -0.3 is 19.3 Å². The lowest BCUT2D eigenvalue weighted by Crippen LogP contribution is -2.48. The fourth-order valence-electron chi connectivity index (χ4n) is 2.52. The zero-order chi connectivity index (χ0) is 16.3. The van der Waals surface area contributed by atoms with Crippen molar-refractivity contribution in [1.82, 2.24) is 4.90 Å². The van der Waals surface area contributed by atoms with E-state index in [0.717, 1.165) is 5.69 Å². The molecular formula is C14H19N3O5. The Morgan fingerprint density at radius 1 is 1.14 bits per heavy atom. The molecule has 1 amide bonds. The maximum absolute atomic E-state index is 11.4. The highest BCUT2D eigenvalue weighted by molar-refractivity contribution is 5.74. The van der Waals surface area contributed by atoms with Crippen LogP contribution in [-0.4, -0.2) is 56.1 Å². The van der Waals surface area contributed by atoms with E-state index in [9.17, 15) is 14.9 Å². The summed E-state index contributed by atoms with van der Waals surface area (Å²) >= 11 is 0. The molecule has 0 bridgehead atoms. The number of piperazine rings is 1. The van der Waals surface area contributed by atoms with E-state index < -0.39 is 4.92 Å². The molecular weight excluding hydrogens is 290 g/mol. The molecule has 1 aliphatic heterocycles. The molecule has 1 aliphatic rings. The third-order valence-corrected chi connectivity index (χ3v) is 3.74. The molecule has 1 fully saturated rings. The van der Waals surface area contributed by atoms with Crippen molar-refractivity contribution >= 4 is 17.3 Å². The quantitative estimate of drug-likeness (QED) is 0.615. The first-order chi connectivity index (χ1) is 10.5. The molecule has 1 saturated heterocycles. The Kier molecular flexibility index (Phi) is 4.69. The zero-order valence-corrected chi connectivity index (χ0v) is 12.9. The van der Waals surface area contributed by atoms with Gasteiger partial charge in [-0.3, -0.25) is 14.9 Å². The molecule has 0 unspecified atom stereocenters. The number of anilines is 1. The predicted octanol–water partition coefficient (Wildman–Crippen LogP) is 1.28. The van der Waals surface area contributed by atoms with E-state index in [4.69, 9.17) is 9.47 Å². The van der Waals surface area contributed by atoms with Crippen molar-refractivity contribution in [2.45, 2.75) is 6.92 Å². The summed E-state index contributed by atoms with van der Waals surface area (Å²) < 4.78 is 10.4. The molecule has 22 heavy (non-hydrogen) atoms. The lowest BCUT2D eigenvalue weighted by molar-refractivity contribution is -0.385. The second-order valence-corrected chi connectivity index (χ2v) is 4.95. The van der Waals surface area contributed by atoms with Gasteiger partial charge in [-0.2, -0.15) is 0 Å². The first kappa shape index (κ1) is 15.9. The third-order valence-electron chi connectivity index (χ3n) is 3.74. The van der Waals surface area contributed by atoms with Crippen molar-refractivity contribution in [1.29, 1.82) is 0 Å². The molecule has 8 nitrogen and oxygen atoms in total. The first-order valence-corrected chi connectivity index (χ1v) is 6.88. The number of nitrogens with zero attached hydrogens (tertiary/aromatic N) is 3. The lowest BCUT2D eigenvalue weighted by atomic mass is 10.2. The van der Waals surface area contributed by atoms with Crippen LogP contribution in [0.3, 0.4) is 0 Å². The first-order valence-electron chi connectivity index (χ1n) is 6.88. The number of nitro groups is 1. The SMILES string of the molecule is COc1cc([N+](=O)[O-])c(OC)cc1N1CCN(C(C)=O)CC1. The number of hydrogen-bond acceptors (Lipinski definition) is 6. The molecule has 1 aromatic rings. The molecule has 2 rings (SSSR count). The molecule has 0 saturated carbocycles. The Morgan fingerprint density at radius 2 is 1.73 bits per heavy atom. The van der Waals surface area contributed by atoms with E-state index in [2.05, 4.69) is 0 Å². The summed E-state index contributed by atoms with van der Waals surface area (Å²) in [6.45, 7) is 4.04. The highest BCUT2D eigenvalue weighted by Gasteiger charge is 2.25. The number of benzene rings is 1. The van der Waals surface area contributed by atoms with Crippen molar-refractivity contribution in [3.63, 3.8) is 0 Å². The largest absolute Gasteiger partial charge is 0.494 e. The minimum atomic E-state index is -0.501. The summed E-state index contributed by atoms with van der Waals surface area (Å²) in [5.74, 6) is 0.659. The van der Waals surface area contributed by atoms with E-state index in [1.54, 1.807) is 17.9 Å². The van der Waals surface area contributed by atoms with E-state index in [0.29, 0.717) is 31.9 Å². The van der Waals surface area contributed by atoms with Gasteiger partial charge in [-0.25, -0.2) is 0 Å².